The average molecular weight is 1000 g/mol. The Hall–Kier alpha value is -1.71. The fourth-order valence-electron chi connectivity index (χ4n) is 11.0. The molecular weight excluding hydrogens is 885 g/mol. The van der Waals surface area contributed by atoms with Crippen LogP contribution in [0.25, 0.3) is 0 Å². The van der Waals surface area contributed by atoms with Gasteiger partial charge in [-0.25, -0.2) is 0 Å². The topological polar surface area (TPSA) is 94.6 Å². The predicted octanol–water partition coefficient (Wildman–Crippen LogP) is 16.4. The van der Waals surface area contributed by atoms with E-state index in [4.69, 9.17) is 18.9 Å². The second-order valence-electron chi connectivity index (χ2n) is 24.2. The molecule has 0 aromatic rings. The van der Waals surface area contributed by atoms with E-state index in [0.29, 0.717) is 25.6 Å². The molecule has 2 aliphatic rings. The number of rotatable bonds is 47. The van der Waals surface area contributed by atoms with E-state index in [2.05, 4.69) is 58.4 Å². The molecular formula is C62H118N2O7. The number of carbonyl (C=O) groups excluding carboxylic acids is 3. The van der Waals surface area contributed by atoms with Crippen LogP contribution in [0.4, 0.5) is 0 Å². The van der Waals surface area contributed by atoms with Gasteiger partial charge in [0.2, 0.25) is 0 Å². The molecule has 71 heavy (non-hydrogen) atoms. The average Bonchev–Trinajstić information content (AvgIpc) is 3.97. The van der Waals surface area contributed by atoms with E-state index in [9.17, 15) is 14.4 Å². The molecule has 0 aromatic heterocycles. The first-order valence-corrected chi connectivity index (χ1v) is 30.8. The van der Waals surface area contributed by atoms with E-state index >= 15 is 0 Å². The van der Waals surface area contributed by atoms with Crippen molar-refractivity contribution in [3.8, 4) is 0 Å². The van der Waals surface area contributed by atoms with Crippen LogP contribution in [-0.2, 0) is 33.3 Å². The van der Waals surface area contributed by atoms with Gasteiger partial charge in [0.15, 0.2) is 0 Å². The van der Waals surface area contributed by atoms with Gasteiger partial charge in [-0.2, -0.15) is 0 Å². The van der Waals surface area contributed by atoms with Crippen molar-refractivity contribution in [2.24, 2.45) is 22.7 Å². The lowest BCUT2D eigenvalue weighted by Crippen LogP contribution is -2.38. The van der Waals surface area contributed by atoms with Crippen molar-refractivity contribution in [1.82, 2.24) is 9.80 Å². The van der Waals surface area contributed by atoms with Crippen molar-refractivity contribution in [2.75, 3.05) is 53.0 Å². The van der Waals surface area contributed by atoms with Crippen LogP contribution < -0.4 is 0 Å². The van der Waals surface area contributed by atoms with Crippen molar-refractivity contribution in [3.63, 3.8) is 0 Å². The normalized spacial score (nSPS) is 18.0. The Kier molecular flexibility index (Phi) is 37.4. The molecule has 0 aromatic carbocycles. The largest absolute Gasteiger partial charge is 0.465 e. The van der Waals surface area contributed by atoms with Gasteiger partial charge in [0, 0.05) is 19.5 Å². The fraction of sp³-hybridized carbons (Fsp3) is 0.952. The SMILES string of the molecule is CCCCCCCCC(CCCCCCCC)OC(=O)C(C)(C)CCCCCCOC(=O)[C@@H]1C[C@H](OC[C@@H]2CCN(C)C2)CN1CCCCCCC(C)(C)C(=O)OCCCC(CCCCC)CCCCC. The molecule has 0 bridgehead atoms. The summed E-state index contributed by atoms with van der Waals surface area (Å²) in [5.74, 6) is 1.13. The van der Waals surface area contributed by atoms with Gasteiger partial charge in [-0.05, 0) is 130 Å². The Labute approximate surface area is 439 Å². The summed E-state index contributed by atoms with van der Waals surface area (Å²) in [4.78, 5) is 45.0. The number of hydrogen-bond acceptors (Lipinski definition) is 9. The number of esters is 3. The van der Waals surface area contributed by atoms with E-state index in [1.54, 1.807) is 0 Å². The van der Waals surface area contributed by atoms with Crippen LogP contribution in [-0.4, -0.2) is 99.0 Å². The number of nitrogens with zero attached hydrogens (tertiary/aromatic N) is 2. The molecule has 2 saturated heterocycles. The molecule has 418 valence electrons. The van der Waals surface area contributed by atoms with E-state index in [-0.39, 0.29) is 36.2 Å². The lowest BCUT2D eigenvalue weighted by Gasteiger charge is -2.27. The number of likely N-dealkylation sites (tertiary alicyclic amines) is 2. The molecule has 0 saturated carbocycles. The molecule has 0 amide bonds. The Morgan fingerprint density at radius 2 is 1.01 bits per heavy atom. The quantitative estimate of drug-likeness (QED) is 0.0336. The third-order valence-electron chi connectivity index (χ3n) is 16.2. The molecule has 3 atom stereocenters. The second kappa shape index (κ2) is 40.6. The maximum Gasteiger partial charge on any atom is 0.323 e. The van der Waals surface area contributed by atoms with Crippen molar-refractivity contribution in [3.05, 3.63) is 0 Å². The minimum atomic E-state index is -0.500. The first-order chi connectivity index (χ1) is 34.3. The Balaban J connectivity index is 1.76. The molecule has 2 fully saturated rings. The van der Waals surface area contributed by atoms with Crippen molar-refractivity contribution < 1.29 is 33.3 Å². The van der Waals surface area contributed by atoms with Crippen LogP contribution in [0.1, 0.15) is 287 Å². The highest BCUT2D eigenvalue weighted by atomic mass is 16.5. The minimum Gasteiger partial charge on any atom is -0.465 e. The van der Waals surface area contributed by atoms with Gasteiger partial charge in [-0.1, -0.05) is 182 Å². The van der Waals surface area contributed by atoms with Crippen LogP contribution in [0.3, 0.4) is 0 Å². The van der Waals surface area contributed by atoms with Gasteiger partial charge in [0.25, 0.3) is 0 Å². The van der Waals surface area contributed by atoms with Gasteiger partial charge >= 0.3 is 17.9 Å². The molecule has 2 aliphatic heterocycles. The first kappa shape index (κ1) is 65.4. The monoisotopic (exact) mass is 1000 g/mol. The van der Waals surface area contributed by atoms with E-state index < -0.39 is 10.8 Å². The summed E-state index contributed by atoms with van der Waals surface area (Å²) in [5, 5.41) is 0. The molecule has 2 heterocycles. The van der Waals surface area contributed by atoms with Crippen LogP contribution in [0.5, 0.6) is 0 Å². The molecule has 9 nitrogen and oxygen atoms in total. The third kappa shape index (κ3) is 31.1. The highest BCUT2D eigenvalue weighted by Crippen LogP contribution is 2.31. The van der Waals surface area contributed by atoms with Crippen molar-refractivity contribution >= 4 is 17.9 Å². The molecule has 2 rings (SSSR count). The van der Waals surface area contributed by atoms with Crippen molar-refractivity contribution in [1.29, 1.82) is 0 Å². The maximum absolute atomic E-state index is 13.7. The number of unbranched alkanes of at least 4 members (excludes halogenated alkanes) is 20. The third-order valence-corrected chi connectivity index (χ3v) is 16.2. The van der Waals surface area contributed by atoms with Crippen LogP contribution in [0.2, 0.25) is 0 Å². The predicted molar refractivity (Wildman–Crippen MR) is 298 cm³/mol. The summed E-state index contributed by atoms with van der Waals surface area (Å²) in [6.07, 6.45) is 41.1. The zero-order chi connectivity index (χ0) is 52.0. The van der Waals surface area contributed by atoms with E-state index in [1.807, 2.05) is 13.8 Å². The molecule has 9 heteroatoms. The van der Waals surface area contributed by atoms with Gasteiger partial charge < -0.3 is 23.8 Å². The molecule has 0 spiro atoms. The van der Waals surface area contributed by atoms with Gasteiger partial charge in [-0.15, -0.1) is 0 Å². The molecule has 0 radical (unpaired) electrons. The zero-order valence-corrected chi connectivity index (χ0v) is 48.5. The fourth-order valence-corrected chi connectivity index (χ4v) is 11.0. The highest BCUT2D eigenvalue weighted by Gasteiger charge is 2.39. The number of carbonyl (C=O) groups is 3. The summed E-state index contributed by atoms with van der Waals surface area (Å²) in [5.41, 5.74) is -0.974. The minimum absolute atomic E-state index is 0.0339. The smallest absolute Gasteiger partial charge is 0.323 e. The zero-order valence-electron chi connectivity index (χ0n) is 48.5. The second-order valence-corrected chi connectivity index (χ2v) is 24.2. The molecule has 0 aliphatic carbocycles. The van der Waals surface area contributed by atoms with Gasteiger partial charge in [0.05, 0.1) is 36.8 Å². The summed E-state index contributed by atoms with van der Waals surface area (Å²) in [6, 6.07) is -0.263. The van der Waals surface area contributed by atoms with Gasteiger partial charge in [-0.3, -0.25) is 19.3 Å². The van der Waals surface area contributed by atoms with Gasteiger partial charge in [0.1, 0.15) is 12.1 Å². The summed E-state index contributed by atoms with van der Waals surface area (Å²) >= 11 is 0. The lowest BCUT2D eigenvalue weighted by atomic mass is 9.86. The molecule has 0 unspecified atom stereocenters. The van der Waals surface area contributed by atoms with E-state index in [1.165, 1.54) is 128 Å². The van der Waals surface area contributed by atoms with Crippen LogP contribution in [0.15, 0.2) is 0 Å². The standard InChI is InChI=1S/C62H118N2O7/c1-10-14-18-20-22-30-40-55(41-31-23-21-19-15-11-2)71-60(67)62(7,8)44-33-25-27-35-47-68-58(65)57-49-56(70-52-54-42-46-63(9)50-54)51-64(57)45-34-26-24-32-43-61(5,6)59(66)69-48-36-39-53(37-28-16-12-3)38-29-17-13-4/h53-57H,10-52H2,1-9H3/t54-,56+,57+/m1/s1. The summed E-state index contributed by atoms with van der Waals surface area (Å²) in [7, 11) is 2.18. The van der Waals surface area contributed by atoms with Crippen molar-refractivity contribution in [2.45, 2.75) is 305 Å². The molecule has 0 N–H and O–H groups in total. The Bertz CT molecular complexity index is 1300. The lowest BCUT2D eigenvalue weighted by molar-refractivity contribution is -0.161. The Morgan fingerprint density at radius 1 is 0.535 bits per heavy atom. The van der Waals surface area contributed by atoms with E-state index in [0.717, 1.165) is 135 Å². The van der Waals surface area contributed by atoms with Crippen LogP contribution in [0, 0.1) is 22.7 Å². The number of hydrogen-bond donors (Lipinski definition) is 0. The highest BCUT2D eigenvalue weighted by molar-refractivity contribution is 5.77. The summed E-state index contributed by atoms with van der Waals surface area (Å²) in [6.45, 7) is 22.8. The number of ether oxygens (including phenoxy) is 4. The van der Waals surface area contributed by atoms with Crippen LogP contribution >= 0.6 is 0 Å². The Morgan fingerprint density at radius 3 is 1.59 bits per heavy atom. The summed E-state index contributed by atoms with van der Waals surface area (Å²) < 4.78 is 24.6. The first-order valence-electron chi connectivity index (χ1n) is 30.8. The maximum atomic E-state index is 13.7.